The van der Waals surface area contributed by atoms with E-state index in [-0.39, 0.29) is 5.41 Å². The van der Waals surface area contributed by atoms with Crippen LogP contribution >= 0.6 is 11.3 Å². The molecule has 0 unspecified atom stereocenters. The first kappa shape index (κ1) is 32.2. The molecule has 0 atom stereocenters. The molecule has 0 aliphatic heterocycles. The standard InChI is InChI=1S/C51H32N4OS/c1-51(2)38-17-9-8-15-35(38)43-36(16-10-18-39(43)51)49-54-47(33-21-19-29-11-6-7-14-32(29)27-33)53-48(55-49)34-22-20-30-23-24-40-44(37(30)28-34)45-41(56-40)25-26-42-46(45)52-50(57-42)31-12-4-3-5-13-31/h3-28H,1-2H3. The van der Waals surface area contributed by atoms with E-state index in [4.69, 9.17) is 24.4 Å². The van der Waals surface area contributed by atoms with Crippen LogP contribution in [0.3, 0.4) is 0 Å². The predicted octanol–water partition coefficient (Wildman–Crippen LogP) is 13.7. The molecule has 268 valence electrons. The zero-order chi connectivity index (χ0) is 37.8. The van der Waals surface area contributed by atoms with E-state index < -0.39 is 0 Å². The fraction of sp³-hybridized carbons (Fsp3) is 0.0588. The van der Waals surface area contributed by atoms with Crippen molar-refractivity contribution in [3.8, 4) is 55.9 Å². The van der Waals surface area contributed by atoms with Crippen LogP contribution in [0.15, 0.2) is 162 Å². The molecule has 8 aromatic carbocycles. The lowest BCUT2D eigenvalue weighted by Gasteiger charge is -2.21. The third-order valence-corrected chi connectivity index (χ3v) is 12.8. The van der Waals surface area contributed by atoms with E-state index >= 15 is 0 Å². The van der Waals surface area contributed by atoms with Crippen LogP contribution in [0.1, 0.15) is 25.0 Å². The van der Waals surface area contributed by atoms with Crippen molar-refractivity contribution in [2.45, 2.75) is 19.3 Å². The summed E-state index contributed by atoms with van der Waals surface area (Å²) < 4.78 is 7.65. The SMILES string of the molecule is CC1(C)c2ccccc2-c2c(-c3nc(-c4ccc5ccccc5c4)nc(-c4ccc5ccc6oc7ccc8sc(-c9ccccc9)nc8c7c6c5c4)n3)cccc21. The van der Waals surface area contributed by atoms with Gasteiger partial charge in [0.25, 0.3) is 0 Å². The number of benzene rings is 8. The minimum absolute atomic E-state index is 0.152. The van der Waals surface area contributed by atoms with Crippen LogP contribution in [0.2, 0.25) is 0 Å². The number of furan rings is 1. The van der Waals surface area contributed by atoms with Gasteiger partial charge >= 0.3 is 0 Å². The Balaban J connectivity index is 1.10. The van der Waals surface area contributed by atoms with Crippen LogP contribution in [0, 0.1) is 0 Å². The van der Waals surface area contributed by atoms with Gasteiger partial charge in [-0.2, -0.15) is 0 Å². The van der Waals surface area contributed by atoms with Crippen molar-refractivity contribution in [1.29, 1.82) is 0 Å². The van der Waals surface area contributed by atoms with Crippen molar-refractivity contribution in [2.75, 3.05) is 0 Å². The van der Waals surface area contributed by atoms with Crippen LogP contribution in [-0.2, 0) is 5.41 Å². The van der Waals surface area contributed by atoms with Crippen LogP contribution in [-0.4, -0.2) is 19.9 Å². The largest absolute Gasteiger partial charge is 0.456 e. The molecule has 57 heavy (non-hydrogen) atoms. The summed E-state index contributed by atoms with van der Waals surface area (Å²) >= 11 is 1.71. The average Bonchev–Trinajstić information content (AvgIpc) is 3.94. The summed E-state index contributed by atoms with van der Waals surface area (Å²) in [5, 5.41) is 7.54. The van der Waals surface area contributed by atoms with Crippen molar-refractivity contribution in [1.82, 2.24) is 19.9 Å². The van der Waals surface area contributed by atoms with E-state index in [2.05, 4.69) is 166 Å². The molecule has 1 aliphatic rings. The van der Waals surface area contributed by atoms with Crippen molar-refractivity contribution in [3.63, 3.8) is 0 Å². The zero-order valence-corrected chi connectivity index (χ0v) is 31.9. The Hall–Kier alpha value is -7.02. The molecule has 0 amide bonds. The molecule has 1 aliphatic carbocycles. The van der Waals surface area contributed by atoms with E-state index in [0.29, 0.717) is 17.5 Å². The van der Waals surface area contributed by atoms with Crippen molar-refractivity contribution in [3.05, 3.63) is 169 Å². The van der Waals surface area contributed by atoms with Gasteiger partial charge < -0.3 is 4.42 Å². The summed E-state index contributed by atoms with van der Waals surface area (Å²) in [6.07, 6.45) is 0. The summed E-state index contributed by atoms with van der Waals surface area (Å²) in [4.78, 5) is 21.0. The molecule has 12 rings (SSSR count). The van der Waals surface area contributed by atoms with Crippen molar-refractivity contribution < 1.29 is 4.42 Å². The predicted molar refractivity (Wildman–Crippen MR) is 235 cm³/mol. The fourth-order valence-corrected chi connectivity index (χ4v) is 9.91. The number of fused-ring (bicyclic) bond motifs is 11. The minimum Gasteiger partial charge on any atom is -0.456 e. The van der Waals surface area contributed by atoms with Gasteiger partial charge in [0.2, 0.25) is 0 Å². The minimum atomic E-state index is -0.152. The molecular formula is C51H32N4OS. The van der Waals surface area contributed by atoms with Gasteiger partial charge in [0, 0.05) is 33.1 Å². The topological polar surface area (TPSA) is 64.7 Å². The molecule has 0 radical (unpaired) electrons. The number of aromatic nitrogens is 4. The average molecular weight is 749 g/mol. The first-order chi connectivity index (χ1) is 28.0. The lowest BCUT2D eigenvalue weighted by atomic mass is 9.82. The molecule has 0 saturated carbocycles. The Morgan fingerprint density at radius 3 is 1.98 bits per heavy atom. The number of thiazole rings is 1. The number of nitrogens with zero attached hydrogens (tertiary/aromatic N) is 4. The van der Waals surface area contributed by atoms with E-state index in [9.17, 15) is 0 Å². The molecular weight excluding hydrogens is 717 g/mol. The van der Waals surface area contributed by atoms with Crippen molar-refractivity contribution >= 4 is 65.0 Å². The Morgan fingerprint density at radius 2 is 1.12 bits per heavy atom. The first-order valence-corrected chi connectivity index (χ1v) is 20.0. The third-order valence-electron chi connectivity index (χ3n) is 11.7. The van der Waals surface area contributed by atoms with Crippen LogP contribution in [0.25, 0.3) is 110 Å². The smallest absolute Gasteiger partial charge is 0.164 e. The van der Waals surface area contributed by atoms with Gasteiger partial charge in [-0.1, -0.05) is 141 Å². The monoisotopic (exact) mass is 748 g/mol. The van der Waals surface area contributed by atoms with E-state index in [1.807, 2.05) is 6.07 Å². The second-order valence-corrected chi connectivity index (χ2v) is 16.4. The van der Waals surface area contributed by atoms with Gasteiger partial charge in [0.1, 0.15) is 16.2 Å². The highest BCUT2D eigenvalue weighted by Gasteiger charge is 2.37. The maximum atomic E-state index is 6.53. The number of hydrogen-bond acceptors (Lipinski definition) is 6. The van der Waals surface area contributed by atoms with E-state index in [1.54, 1.807) is 11.3 Å². The summed E-state index contributed by atoms with van der Waals surface area (Å²) in [6, 6.07) is 55.4. The molecule has 11 aromatic rings. The maximum Gasteiger partial charge on any atom is 0.164 e. The molecule has 0 fully saturated rings. The van der Waals surface area contributed by atoms with Crippen LogP contribution < -0.4 is 0 Å². The summed E-state index contributed by atoms with van der Waals surface area (Å²) in [5.74, 6) is 1.90. The normalized spacial score (nSPS) is 13.2. The Kier molecular flexibility index (Phi) is 6.78. The highest BCUT2D eigenvalue weighted by molar-refractivity contribution is 7.21. The zero-order valence-electron chi connectivity index (χ0n) is 31.1. The Labute approximate surface area is 332 Å². The first-order valence-electron chi connectivity index (χ1n) is 19.2. The van der Waals surface area contributed by atoms with E-state index in [1.165, 1.54) is 27.6 Å². The Morgan fingerprint density at radius 1 is 0.474 bits per heavy atom. The quantitative estimate of drug-likeness (QED) is 0.179. The molecule has 0 saturated heterocycles. The summed E-state index contributed by atoms with van der Waals surface area (Å²) in [5.41, 5.74) is 11.4. The molecule has 5 nitrogen and oxygen atoms in total. The lowest BCUT2D eigenvalue weighted by molar-refractivity contribution is 0.660. The molecule has 0 N–H and O–H groups in total. The molecule has 0 bridgehead atoms. The van der Waals surface area contributed by atoms with Gasteiger partial charge in [-0.3, -0.25) is 0 Å². The van der Waals surface area contributed by atoms with E-state index in [0.717, 1.165) is 75.6 Å². The maximum absolute atomic E-state index is 6.53. The number of rotatable bonds is 4. The van der Waals surface area contributed by atoms with Gasteiger partial charge in [0.15, 0.2) is 17.5 Å². The van der Waals surface area contributed by atoms with Crippen molar-refractivity contribution in [2.24, 2.45) is 0 Å². The van der Waals surface area contributed by atoms with Gasteiger partial charge in [-0.25, -0.2) is 19.9 Å². The second-order valence-electron chi connectivity index (χ2n) is 15.4. The highest BCUT2D eigenvalue weighted by Crippen LogP contribution is 2.52. The molecule has 0 spiro atoms. The Bertz CT molecular complexity index is 3450. The van der Waals surface area contributed by atoms with Gasteiger partial charge in [-0.15, -0.1) is 11.3 Å². The second kappa shape index (κ2) is 12.0. The third kappa shape index (κ3) is 4.87. The molecule has 3 heterocycles. The highest BCUT2D eigenvalue weighted by atomic mass is 32.1. The lowest BCUT2D eigenvalue weighted by Crippen LogP contribution is -2.14. The fourth-order valence-electron chi connectivity index (χ4n) is 8.93. The molecule has 3 aromatic heterocycles. The van der Waals surface area contributed by atoms with Crippen LogP contribution in [0.5, 0.6) is 0 Å². The van der Waals surface area contributed by atoms with Gasteiger partial charge in [-0.05, 0) is 74.1 Å². The summed E-state index contributed by atoms with van der Waals surface area (Å²) in [6.45, 7) is 4.61. The summed E-state index contributed by atoms with van der Waals surface area (Å²) in [7, 11) is 0. The van der Waals surface area contributed by atoms with Gasteiger partial charge in [0.05, 0.1) is 15.6 Å². The molecule has 6 heteroatoms. The van der Waals surface area contributed by atoms with Crippen LogP contribution in [0.4, 0.5) is 0 Å². The number of hydrogen-bond donors (Lipinski definition) is 0.